The Kier molecular flexibility index (Phi) is 5.59. The Balaban J connectivity index is 2.01. The van der Waals surface area contributed by atoms with Crippen molar-refractivity contribution in [3.63, 3.8) is 0 Å². The van der Waals surface area contributed by atoms with Gasteiger partial charge in [0.15, 0.2) is 9.84 Å². The number of aromatic nitrogens is 1. The standard InChI is InChI=1S/C23H28N2O3S/c1-16-10-11-17(2)18(12-16)15-29(27,28)21-13-25(14-22(26)24-23(3,4)5)20-9-7-6-8-19(20)21/h6-13H,14-15H2,1-5H3,(H,24,26). The second-order valence-corrected chi connectivity index (χ2v) is 10.6. The molecular formula is C23H28N2O3S. The Morgan fingerprint density at radius 1 is 1.07 bits per heavy atom. The molecule has 29 heavy (non-hydrogen) atoms. The number of sulfone groups is 1. The highest BCUT2D eigenvalue weighted by molar-refractivity contribution is 7.90. The molecule has 1 heterocycles. The van der Waals surface area contributed by atoms with Crippen LogP contribution in [0.3, 0.4) is 0 Å². The Morgan fingerprint density at radius 3 is 2.45 bits per heavy atom. The summed E-state index contributed by atoms with van der Waals surface area (Å²) in [6.07, 6.45) is 1.59. The summed E-state index contributed by atoms with van der Waals surface area (Å²) in [4.78, 5) is 12.7. The van der Waals surface area contributed by atoms with Crippen molar-refractivity contribution >= 4 is 26.6 Å². The second-order valence-electron chi connectivity index (χ2n) is 8.63. The van der Waals surface area contributed by atoms with Crippen molar-refractivity contribution in [1.29, 1.82) is 0 Å². The zero-order valence-electron chi connectivity index (χ0n) is 17.6. The van der Waals surface area contributed by atoms with Crippen LogP contribution in [-0.2, 0) is 26.9 Å². The number of nitrogens with one attached hydrogen (secondary N) is 1. The Morgan fingerprint density at radius 2 is 1.76 bits per heavy atom. The van der Waals surface area contributed by atoms with Crippen LogP contribution in [0.15, 0.2) is 53.6 Å². The number of carbonyl (C=O) groups excluding carboxylic acids is 1. The van der Waals surface area contributed by atoms with E-state index in [0.29, 0.717) is 5.39 Å². The molecule has 5 nitrogen and oxygen atoms in total. The molecule has 0 aliphatic rings. The van der Waals surface area contributed by atoms with Crippen molar-refractivity contribution in [2.24, 2.45) is 0 Å². The summed E-state index contributed by atoms with van der Waals surface area (Å²) >= 11 is 0. The van der Waals surface area contributed by atoms with Crippen LogP contribution in [0.5, 0.6) is 0 Å². The lowest BCUT2D eigenvalue weighted by atomic mass is 10.1. The normalized spacial score (nSPS) is 12.3. The van der Waals surface area contributed by atoms with Gasteiger partial charge in [-0.25, -0.2) is 8.42 Å². The second kappa shape index (κ2) is 7.67. The van der Waals surface area contributed by atoms with Crippen LogP contribution >= 0.6 is 0 Å². The monoisotopic (exact) mass is 412 g/mol. The van der Waals surface area contributed by atoms with Crippen molar-refractivity contribution < 1.29 is 13.2 Å². The molecule has 0 saturated carbocycles. The van der Waals surface area contributed by atoms with Crippen LogP contribution in [-0.4, -0.2) is 24.4 Å². The third kappa shape index (κ3) is 4.88. The maximum absolute atomic E-state index is 13.3. The highest BCUT2D eigenvalue weighted by Crippen LogP contribution is 2.29. The summed E-state index contributed by atoms with van der Waals surface area (Å²) in [5.41, 5.74) is 3.16. The Bertz CT molecular complexity index is 1170. The molecule has 0 aliphatic carbocycles. The van der Waals surface area contributed by atoms with Gasteiger partial charge in [-0.3, -0.25) is 4.79 Å². The first kappa shape index (κ1) is 21.1. The molecule has 0 bridgehead atoms. The van der Waals surface area contributed by atoms with Gasteiger partial charge < -0.3 is 9.88 Å². The Hall–Kier alpha value is -2.60. The predicted molar refractivity (Wildman–Crippen MR) is 117 cm³/mol. The quantitative estimate of drug-likeness (QED) is 0.685. The molecule has 0 unspecified atom stereocenters. The molecule has 1 N–H and O–H groups in total. The maximum atomic E-state index is 13.3. The van der Waals surface area contributed by atoms with Crippen molar-refractivity contribution in [2.75, 3.05) is 0 Å². The van der Waals surface area contributed by atoms with Gasteiger partial charge in [-0.05, 0) is 51.8 Å². The number of benzene rings is 2. The highest BCUT2D eigenvalue weighted by Gasteiger charge is 2.23. The molecule has 0 spiro atoms. The zero-order chi connectivity index (χ0) is 21.4. The topological polar surface area (TPSA) is 68.2 Å². The smallest absolute Gasteiger partial charge is 0.240 e. The van der Waals surface area contributed by atoms with Crippen LogP contribution in [0.4, 0.5) is 0 Å². The van der Waals surface area contributed by atoms with Gasteiger partial charge in [-0.2, -0.15) is 0 Å². The van der Waals surface area contributed by atoms with E-state index in [1.807, 2.05) is 71.0 Å². The van der Waals surface area contributed by atoms with E-state index in [0.717, 1.165) is 22.2 Å². The molecule has 3 rings (SSSR count). The average molecular weight is 413 g/mol. The van der Waals surface area contributed by atoms with Crippen molar-refractivity contribution in [3.8, 4) is 0 Å². The number of hydrogen-bond acceptors (Lipinski definition) is 3. The fourth-order valence-corrected chi connectivity index (χ4v) is 5.11. The van der Waals surface area contributed by atoms with Crippen LogP contribution in [0.2, 0.25) is 0 Å². The molecule has 0 atom stereocenters. The third-order valence-electron chi connectivity index (χ3n) is 4.77. The zero-order valence-corrected chi connectivity index (χ0v) is 18.4. The summed E-state index contributed by atoms with van der Waals surface area (Å²) in [7, 11) is -3.58. The molecule has 154 valence electrons. The molecule has 1 amide bonds. The van der Waals surface area contributed by atoms with Crippen LogP contribution in [0.1, 0.15) is 37.5 Å². The molecule has 0 saturated heterocycles. The fourth-order valence-electron chi connectivity index (χ4n) is 3.44. The van der Waals surface area contributed by atoms with Gasteiger partial charge in [0.25, 0.3) is 0 Å². The molecule has 0 aliphatic heterocycles. The third-order valence-corrected chi connectivity index (χ3v) is 6.45. The molecule has 2 aromatic carbocycles. The van der Waals surface area contributed by atoms with Crippen molar-refractivity contribution in [3.05, 3.63) is 65.4 Å². The minimum atomic E-state index is -3.58. The first-order valence-electron chi connectivity index (χ1n) is 9.64. The SMILES string of the molecule is Cc1ccc(C)c(CS(=O)(=O)c2cn(CC(=O)NC(C)(C)C)c3ccccc23)c1. The molecule has 0 radical (unpaired) electrons. The summed E-state index contributed by atoms with van der Waals surface area (Å²) in [6, 6.07) is 13.1. The highest BCUT2D eigenvalue weighted by atomic mass is 32.2. The van der Waals surface area contributed by atoms with Crippen LogP contribution in [0, 0.1) is 13.8 Å². The van der Waals surface area contributed by atoms with Crippen molar-refractivity contribution in [1.82, 2.24) is 9.88 Å². The van der Waals surface area contributed by atoms with E-state index in [1.54, 1.807) is 16.8 Å². The predicted octanol–water partition coefficient (Wildman–Crippen LogP) is 4.15. The minimum Gasteiger partial charge on any atom is -0.350 e. The number of amides is 1. The van der Waals surface area contributed by atoms with E-state index >= 15 is 0 Å². The summed E-state index contributed by atoms with van der Waals surface area (Å²) in [5.74, 6) is -0.223. The fraction of sp³-hybridized carbons (Fsp3) is 0.348. The number of rotatable bonds is 5. The summed E-state index contributed by atoms with van der Waals surface area (Å²) in [5, 5.41) is 3.56. The minimum absolute atomic E-state index is 0.0662. The summed E-state index contributed by atoms with van der Waals surface area (Å²) < 4.78 is 28.3. The van der Waals surface area contributed by atoms with E-state index in [2.05, 4.69) is 5.32 Å². The van der Waals surface area contributed by atoms with E-state index in [-0.39, 0.29) is 28.6 Å². The van der Waals surface area contributed by atoms with Crippen LogP contribution in [0.25, 0.3) is 10.9 Å². The molecular weight excluding hydrogens is 384 g/mol. The van der Waals surface area contributed by atoms with E-state index < -0.39 is 9.84 Å². The lowest BCUT2D eigenvalue weighted by Crippen LogP contribution is -2.42. The van der Waals surface area contributed by atoms with Crippen molar-refractivity contribution in [2.45, 2.75) is 57.4 Å². The molecule has 0 fully saturated rings. The molecule has 6 heteroatoms. The number of aryl methyl sites for hydroxylation is 2. The Labute approximate surface area is 172 Å². The van der Waals surface area contributed by atoms with Gasteiger partial charge in [0.05, 0.1) is 10.6 Å². The molecule has 1 aromatic heterocycles. The number of fused-ring (bicyclic) bond motifs is 1. The van der Waals surface area contributed by atoms with Gasteiger partial charge >= 0.3 is 0 Å². The van der Waals surface area contributed by atoms with E-state index in [4.69, 9.17) is 0 Å². The number of nitrogens with zero attached hydrogens (tertiary/aromatic N) is 1. The van der Waals surface area contributed by atoms with Gasteiger partial charge in [0, 0.05) is 22.6 Å². The summed E-state index contributed by atoms with van der Waals surface area (Å²) in [6.45, 7) is 9.69. The first-order valence-corrected chi connectivity index (χ1v) is 11.3. The first-order chi connectivity index (χ1) is 13.5. The number of para-hydroxylation sites is 1. The maximum Gasteiger partial charge on any atom is 0.240 e. The number of hydrogen-bond donors (Lipinski definition) is 1. The van der Waals surface area contributed by atoms with Gasteiger partial charge in [0.1, 0.15) is 6.54 Å². The van der Waals surface area contributed by atoms with E-state index in [1.165, 1.54) is 0 Å². The molecule has 3 aromatic rings. The average Bonchev–Trinajstić information content (AvgIpc) is 2.96. The van der Waals surface area contributed by atoms with Gasteiger partial charge in [-0.1, -0.05) is 42.0 Å². The lowest BCUT2D eigenvalue weighted by Gasteiger charge is -2.20. The lowest BCUT2D eigenvalue weighted by molar-refractivity contribution is -0.123. The van der Waals surface area contributed by atoms with Crippen LogP contribution < -0.4 is 5.32 Å². The van der Waals surface area contributed by atoms with E-state index in [9.17, 15) is 13.2 Å². The van der Waals surface area contributed by atoms with Gasteiger partial charge in [-0.15, -0.1) is 0 Å². The van der Waals surface area contributed by atoms with Gasteiger partial charge in [0.2, 0.25) is 5.91 Å². The number of carbonyl (C=O) groups is 1. The largest absolute Gasteiger partial charge is 0.350 e.